The molecule has 4 rings (SSSR count). The van der Waals surface area contributed by atoms with E-state index in [1.165, 1.54) is 0 Å². The van der Waals surface area contributed by atoms with Gasteiger partial charge in [-0.25, -0.2) is 9.78 Å². The first-order chi connectivity index (χ1) is 13.1. The van der Waals surface area contributed by atoms with Crippen molar-refractivity contribution < 1.29 is 4.79 Å². The third kappa shape index (κ3) is 3.53. The second kappa shape index (κ2) is 6.96. The van der Waals surface area contributed by atoms with E-state index in [2.05, 4.69) is 10.6 Å². The number of para-hydroxylation sites is 1. The molecule has 2 aromatic carbocycles. The number of anilines is 2. The maximum atomic E-state index is 12.2. The number of imidazole rings is 1. The lowest BCUT2D eigenvalue weighted by atomic mass is 10.1. The molecule has 0 bridgehead atoms. The molecule has 5 nitrogen and oxygen atoms in total. The standard InChI is InChI=1S/C22H20N4O/c1-15-6-3-4-8-19(15)25-22(27)23-18-11-9-17(10-12-18)20-14-26-13-5-7-16(2)21(26)24-20/h3-14H,1-2H3,(H2,23,25,27). The molecule has 27 heavy (non-hydrogen) atoms. The summed E-state index contributed by atoms with van der Waals surface area (Å²) in [4.78, 5) is 16.9. The van der Waals surface area contributed by atoms with Crippen LogP contribution in [-0.2, 0) is 0 Å². The van der Waals surface area contributed by atoms with Gasteiger partial charge in [0.25, 0.3) is 0 Å². The van der Waals surface area contributed by atoms with Gasteiger partial charge in [-0.1, -0.05) is 36.4 Å². The summed E-state index contributed by atoms with van der Waals surface area (Å²) in [5, 5.41) is 5.72. The third-order valence-electron chi connectivity index (χ3n) is 4.51. The second-order valence-electron chi connectivity index (χ2n) is 6.52. The van der Waals surface area contributed by atoms with Gasteiger partial charge >= 0.3 is 6.03 Å². The Morgan fingerprint density at radius 3 is 2.37 bits per heavy atom. The van der Waals surface area contributed by atoms with Gasteiger partial charge in [-0.2, -0.15) is 0 Å². The minimum atomic E-state index is -0.264. The Hall–Kier alpha value is -3.60. The van der Waals surface area contributed by atoms with Crippen molar-refractivity contribution in [3.05, 3.63) is 84.2 Å². The summed E-state index contributed by atoms with van der Waals surface area (Å²) < 4.78 is 2.02. The summed E-state index contributed by atoms with van der Waals surface area (Å²) >= 11 is 0. The molecule has 2 aromatic heterocycles. The van der Waals surface area contributed by atoms with Gasteiger partial charge in [0.15, 0.2) is 0 Å². The first-order valence-corrected chi connectivity index (χ1v) is 8.78. The lowest BCUT2D eigenvalue weighted by Gasteiger charge is -2.10. The molecule has 0 aliphatic rings. The molecule has 4 aromatic rings. The highest BCUT2D eigenvalue weighted by molar-refractivity contribution is 6.00. The highest BCUT2D eigenvalue weighted by Crippen LogP contribution is 2.22. The van der Waals surface area contributed by atoms with Gasteiger partial charge in [-0.3, -0.25) is 0 Å². The summed E-state index contributed by atoms with van der Waals surface area (Å²) in [7, 11) is 0. The first-order valence-electron chi connectivity index (χ1n) is 8.78. The highest BCUT2D eigenvalue weighted by Gasteiger charge is 2.08. The molecule has 134 valence electrons. The average molecular weight is 356 g/mol. The van der Waals surface area contributed by atoms with Gasteiger partial charge in [0.05, 0.1) is 5.69 Å². The number of benzene rings is 2. The number of rotatable bonds is 3. The van der Waals surface area contributed by atoms with Crippen molar-refractivity contribution in [2.24, 2.45) is 0 Å². The van der Waals surface area contributed by atoms with Crippen LogP contribution in [0, 0.1) is 13.8 Å². The number of amides is 2. The quantitative estimate of drug-likeness (QED) is 0.526. The van der Waals surface area contributed by atoms with E-state index < -0.39 is 0 Å². The maximum Gasteiger partial charge on any atom is 0.323 e. The van der Waals surface area contributed by atoms with Crippen LogP contribution < -0.4 is 10.6 Å². The number of aryl methyl sites for hydroxylation is 2. The fourth-order valence-corrected chi connectivity index (χ4v) is 3.01. The molecule has 0 spiro atoms. The summed E-state index contributed by atoms with van der Waals surface area (Å²) in [6.07, 6.45) is 4.00. The lowest BCUT2D eigenvalue weighted by Crippen LogP contribution is -2.19. The number of hydrogen-bond donors (Lipinski definition) is 2. The number of pyridine rings is 1. The SMILES string of the molecule is Cc1ccccc1NC(=O)Nc1ccc(-c2cn3cccc(C)c3n2)cc1. The highest BCUT2D eigenvalue weighted by atomic mass is 16.2. The van der Waals surface area contributed by atoms with Crippen LogP contribution in [0.5, 0.6) is 0 Å². The minimum Gasteiger partial charge on any atom is -0.308 e. The molecule has 0 fully saturated rings. The number of carbonyl (C=O) groups excluding carboxylic acids is 1. The molecule has 2 N–H and O–H groups in total. The van der Waals surface area contributed by atoms with E-state index in [0.717, 1.165) is 39.4 Å². The number of nitrogens with zero attached hydrogens (tertiary/aromatic N) is 2. The van der Waals surface area contributed by atoms with Gasteiger partial charge in [-0.15, -0.1) is 0 Å². The predicted molar refractivity (Wildman–Crippen MR) is 109 cm³/mol. The third-order valence-corrected chi connectivity index (χ3v) is 4.51. The lowest BCUT2D eigenvalue weighted by molar-refractivity contribution is 0.262. The van der Waals surface area contributed by atoms with Crippen LogP contribution in [-0.4, -0.2) is 15.4 Å². The minimum absolute atomic E-state index is 0.264. The molecule has 0 atom stereocenters. The van der Waals surface area contributed by atoms with Crippen LogP contribution >= 0.6 is 0 Å². The van der Waals surface area contributed by atoms with Gasteiger partial charge in [0.2, 0.25) is 0 Å². The van der Waals surface area contributed by atoms with E-state index in [9.17, 15) is 4.79 Å². The molecule has 0 unspecified atom stereocenters. The monoisotopic (exact) mass is 356 g/mol. The Labute approximate surface area is 157 Å². The number of aromatic nitrogens is 2. The number of hydrogen-bond acceptors (Lipinski definition) is 2. The molecular formula is C22H20N4O. The zero-order valence-electron chi connectivity index (χ0n) is 15.2. The topological polar surface area (TPSA) is 58.4 Å². The maximum absolute atomic E-state index is 12.2. The van der Waals surface area contributed by atoms with Crippen LogP contribution in [0.25, 0.3) is 16.9 Å². The molecule has 0 radical (unpaired) electrons. The number of nitrogens with one attached hydrogen (secondary N) is 2. The van der Waals surface area contributed by atoms with Crippen molar-refractivity contribution in [3.63, 3.8) is 0 Å². The summed E-state index contributed by atoms with van der Waals surface area (Å²) in [6.45, 7) is 4.01. The van der Waals surface area contributed by atoms with Gasteiger partial charge in [0.1, 0.15) is 5.65 Å². The van der Waals surface area contributed by atoms with E-state index in [4.69, 9.17) is 4.98 Å². The molecule has 0 aliphatic heterocycles. The van der Waals surface area contributed by atoms with E-state index in [-0.39, 0.29) is 6.03 Å². The Morgan fingerprint density at radius 1 is 0.889 bits per heavy atom. The summed E-state index contributed by atoms with van der Waals surface area (Å²) in [5.41, 5.74) is 6.53. The normalized spacial score (nSPS) is 10.7. The van der Waals surface area contributed by atoms with E-state index >= 15 is 0 Å². The Morgan fingerprint density at radius 2 is 1.63 bits per heavy atom. The number of urea groups is 1. The van der Waals surface area contributed by atoms with Crippen molar-refractivity contribution in [2.75, 3.05) is 10.6 Å². The molecule has 5 heteroatoms. The smallest absolute Gasteiger partial charge is 0.308 e. The molecular weight excluding hydrogens is 336 g/mol. The van der Waals surface area contributed by atoms with Crippen LogP contribution in [0.3, 0.4) is 0 Å². The fourth-order valence-electron chi connectivity index (χ4n) is 3.01. The van der Waals surface area contributed by atoms with Crippen LogP contribution in [0.2, 0.25) is 0 Å². The van der Waals surface area contributed by atoms with Crippen molar-refractivity contribution in [1.29, 1.82) is 0 Å². The molecule has 0 aliphatic carbocycles. The van der Waals surface area contributed by atoms with E-state index in [1.54, 1.807) is 0 Å². The zero-order chi connectivity index (χ0) is 18.8. The summed E-state index contributed by atoms with van der Waals surface area (Å²) in [5.74, 6) is 0. The second-order valence-corrected chi connectivity index (χ2v) is 6.52. The zero-order valence-corrected chi connectivity index (χ0v) is 15.2. The van der Waals surface area contributed by atoms with E-state index in [0.29, 0.717) is 0 Å². The molecule has 0 saturated carbocycles. The Kier molecular flexibility index (Phi) is 4.34. The predicted octanol–water partition coefficient (Wildman–Crippen LogP) is 5.26. The van der Waals surface area contributed by atoms with Crippen LogP contribution in [0.15, 0.2) is 73.1 Å². The summed E-state index contributed by atoms with van der Waals surface area (Å²) in [6, 6.07) is 19.1. The Bertz CT molecular complexity index is 1110. The van der Waals surface area contributed by atoms with Gasteiger partial charge in [0, 0.05) is 29.3 Å². The Balaban J connectivity index is 1.49. The molecule has 2 heterocycles. The van der Waals surface area contributed by atoms with Crippen LogP contribution in [0.1, 0.15) is 11.1 Å². The van der Waals surface area contributed by atoms with Gasteiger partial charge < -0.3 is 15.0 Å². The van der Waals surface area contributed by atoms with Crippen molar-refractivity contribution >= 4 is 23.1 Å². The largest absolute Gasteiger partial charge is 0.323 e. The fraction of sp³-hybridized carbons (Fsp3) is 0.0909. The first kappa shape index (κ1) is 16.8. The van der Waals surface area contributed by atoms with Gasteiger partial charge in [-0.05, 0) is 49.2 Å². The molecule has 0 saturated heterocycles. The average Bonchev–Trinajstić information content (AvgIpc) is 3.10. The number of carbonyl (C=O) groups is 1. The van der Waals surface area contributed by atoms with Crippen molar-refractivity contribution in [1.82, 2.24) is 9.38 Å². The van der Waals surface area contributed by atoms with E-state index in [1.807, 2.05) is 91.3 Å². The molecule has 2 amide bonds. The van der Waals surface area contributed by atoms with Crippen molar-refractivity contribution in [3.8, 4) is 11.3 Å². The number of fused-ring (bicyclic) bond motifs is 1. The van der Waals surface area contributed by atoms with Crippen molar-refractivity contribution in [2.45, 2.75) is 13.8 Å². The van der Waals surface area contributed by atoms with Crippen LogP contribution in [0.4, 0.5) is 16.2 Å².